The Kier molecular flexibility index (Phi) is 4.88. The molecule has 3 aromatic rings. The zero-order chi connectivity index (χ0) is 18.1. The van der Waals surface area contributed by atoms with Crippen molar-refractivity contribution in [2.24, 2.45) is 5.10 Å². The molecule has 8 heteroatoms. The molecule has 0 radical (unpaired) electrons. The summed E-state index contributed by atoms with van der Waals surface area (Å²) in [5.74, 6) is 0.479. The molecule has 26 heavy (non-hydrogen) atoms. The highest BCUT2D eigenvalue weighted by Crippen LogP contribution is 2.38. The lowest BCUT2D eigenvalue weighted by Gasteiger charge is -2.22. The second-order valence-electron chi connectivity index (χ2n) is 6.15. The summed E-state index contributed by atoms with van der Waals surface area (Å²) in [7, 11) is 2.14. The maximum absolute atomic E-state index is 13.0. The summed E-state index contributed by atoms with van der Waals surface area (Å²) in [5.41, 5.74) is 5.23. The first-order valence-electron chi connectivity index (χ1n) is 8.23. The van der Waals surface area contributed by atoms with Gasteiger partial charge in [0.05, 0.1) is 11.6 Å². The van der Waals surface area contributed by atoms with Gasteiger partial charge in [-0.2, -0.15) is 5.10 Å². The van der Waals surface area contributed by atoms with Crippen LogP contribution in [-0.2, 0) is 13.0 Å². The first kappa shape index (κ1) is 17.4. The summed E-state index contributed by atoms with van der Waals surface area (Å²) in [6.45, 7) is 1.98. The molecule has 1 aliphatic heterocycles. The number of likely N-dealkylation sites (N-methyl/N-ethyl adjacent to an activating group) is 1. The van der Waals surface area contributed by atoms with Gasteiger partial charge in [0, 0.05) is 18.0 Å². The highest BCUT2D eigenvalue weighted by Gasteiger charge is 2.22. The average Bonchev–Trinajstić information content (AvgIpc) is 3.00. The van der Waals surface area contributed by atoms with Crippen LogP contribution in [0.1, 0.15) is 16.0 Å². The number of thiophene rings is 1. The van der Waals surface area contributed by atoms with E-state index in [1.807, 2.05) is 6.26 Å². The van der Waals surface area contributed by atoms with Crippen molar-refractivity contribution in [1.82, 2.24) is 14.9 Å². The normalized spacial score (nSPS) is 14.9. The molecule has 1 aromatic carbocycles. The largest absolute Gasteiger partial charge is 0.301 e. The number of nitrogens with zero attached hydrogens (tertiary/aromatic N) is 4. The number of hydrogen-bond donors (Lipinski definition) is 1. The second-order valence-corrected chi connectivity index (χ2v) is 8.01. The van der Waals surface area contributed by atoms with Crippen LogP contribution in [0.25, 0.3) is 10.2 Å². The number of nitrogens with one attached hydrogen (secondary N) is 1. The average molecular weight is 388 g/mol. The Morgan fingerprint density at radius 1 is 1.31 bits per heavy atom. The van der Waals surface area contributed by atoms with Crippen molar-refractivity contribution < 1.29 is 4.39 Å². The highest BCUT2D eigenvalue weighted by molar-refractivity contribution is 7.98. The van der Waals surface area contributed by atoms with Crippen LogP contribution >= 0.6 is 23.1 Å². The predicted octanol–water partition coefficient (Wildman–Crippen LogP) is 3.99. The lowest BCUT2D eigenvalue weighted by atomic mass is 10.1. The Labute approximate surface area is 159 Å². The minimum atomic E-state index is -0.257. The van der Waals surface area contributed by atoms with Gasteiger partial charge in [0.2, 0.25) is 0 Å². The van der Waals surface area contributed by atoms with Crippen molar-refractivity contribution in [2.45, 2.75) is 18.1 Å². The Morgan fingerprint density at radius 2 is 2.12 bits per heavy atom. The summed E-state index contributed by atoms with van der Waals surface area (Å²) < 4.78 is 13.0. The SMILES string of the molecule is CSc1nc(NN=Cc2ccc(F)cc2)c2c3c(sc2n1)CN(C)CC3. The van der Waals surface area contributed by atoms with Crippen molar-refractivity contribution in [3.8, 4) is 0 Å². The Bertz CT molecular complexity index is 968. The predicted molar refractivity (Wildman–Crippen MR) is 107 cm³/mol. The minimum Gasteiger partial charge on any atom is -0.301 e. The van der Waals surface area contributed by atoms with Crippen LogP contribution in [0.2, 0.25) is 0 Å². The Balaban J connectivity index is 1.69. The third kappa shape index (κ3) is 3.44. The van der Waals surface area contributed by atoms with Crippen LogP contribution in [-0.4, -0.2) is 40.9 Å². The summed E-state index contributed by atoms with van der Waals surface area (Å²) >= 11 is 3.26. The number of rotatable bonds is 4. The molecule has 1 aliphatic rings. The molecule has 1 N–H and O–H groups in total. The fourth-order valence-electron chi connectivity index (χ4n) is 2.99. The Morgan fingerprint density at radius 3 is 2.88 bits per heavy atom. The lowest BCUT2D eigenvalue weighted by Crippen LogP contribution is -2.25. The molecule has 2 aromatic heterocycles. The summed E-state index contributed by atoms with van der Waals surface area (Å²) in [6, 6.07) is 6.21. The van der Waals surface area contributed by atoms with Crippen LogP contribution in [0.3, 0.4) is 0 Å². The third-order valence-corrected chi connectivity index (χ3v) is 5.97. The number of aromatic nitrogens is 2. The van der Waals surface area contributed by atoms with Gasteiger partial charge in [0.15, 0.2) is 11.0 Å². The number of fused-ring (bicyclic) bond motifs is 3. The van der Waals surface area contributed by atoms with E-state index < -0.39 is 0 Å². The smallest absolute Gasteiger partial charge is 0.190 e. The molecule has 5 nitrogen and oxygen atoms in total. The van der Waals surface area contributed by atoms with Gasteiger partial charge in [0.1, 0.15) is 10.6 Å². The topological polar surface area (TPSA) is 53.4 Å². The fourth-order valence-corrected chi connectivity index (χ4v) is 4.71. The van der Waals surface area contributed by atoms with Gasteiger partial charge >= 0.3 is 0 Å². The van der Waals surface area contributed by atoms with Crippen molar-refractivity contribution >= 4 is 45.3 Å². The molecule has 0 unspecified atom stereocenters. The van der Waals surface area contributed by atoms with E-state index >= 15 is 0 Å². The molecular weight excluding hydrogens is 369 g/mol. The Hall–Kier alpha value is -2.03. The van der Waals surface area contributed by atoms with E-state index in [0.29, 0.717) is 0 Å². The van der Waals surface area contributed by atoms with E-state index in [4.69, 9.17) is 0 Å². The molecule has 0 fully saturated rings. The number of anilines is 1. The van der Waals surface area contributed by atoms with Crippen molar-refractivity contribution in [2.75, 3.05) is 25.3 Å². The van der Waals surface area contributed by atoms with Gasteiger partial charge in [-0.15, -0.1) is 11.3 Å². The molecular formula is C18H18FN5S2. The lowest BCUT2D eigenvalue weighted by molar-refractivity contribution is 0.318. The zero-order valence-electron chi connectivity index (χ0n) is 14.5. The number of halogens is 1. The fraction of sp³-hybridized carbons (Fsp3) is 0.278. The van der Waals surface area contributed by atoms with E-state index in [2.05, 4.69) is 32.4 Å². The van der Waals surface area contributed by atoms with E-state index in [-0.39, 0.29) is 5.82 Å². The second kappa shape index (κ2) is 7.30. The zero-order valence-corrected chi connectivity index (χ0v) is 16.1. The maximum atomic E-state index is 13.0. The standard InChI is InChI=1S/C18H18FN5S2/c1-24-8-7-13-14(10-24)26-17-15(13)16(21-18(22-17)25-2)23-20-9-11-3-5-12(19)6-4-11/h3-6,9H,7-8,10H2,1-2H3,(H,21,22,23). The maximum Gasteiger partial charge on any atom is 0.190 e. The van der Waals surface area contributed by atoms with E-state index in [1.165, 1.54) is 34.3 Å². The van der Waals surface area contributed by atoms with Crippen LogP contribution in [0.5, 0.6) is 0 Å². The molecule has 0 spiro atoms. The minimum absolute atomic E-state index is 0.257. The summed E-state index contributed by atoms with van der Waals surface area (Å²) in [4.78, 5) is 14.0. The molecule has 0 bridgehead atoms. The van der Waals surface area contributed by atoms with Gasteiger partial charge in [-0.25, -0.2) is 14.4 Å². The van der Waals surface area contributed by atoms with Gasteiger partial charge in [0.25, 0.3) is 0 Å². The van der Waals surface area contributed by atoms with E-state index in [1.54, 1.807) is 29.7 Å². The van der Waals surface area contributed by atoms with Crippen molar-refractivity contribution in [3.63, 3.8) is 0 Å². The van der Waals surface area contributed by atoms with Gasteiger partial charge in [-0.1, -0.05) is 23.9 Å². The molecule has 0 saturated heterocycles. The molecule has 0 saturated carbocycles. The quantitative estimate of drug-likeness (QED) is 0.318. The van der Waals surface area contributed by atoms with Gasteiger partial charge < -0.3 is 4.90 Å². The molecule has 134 valence electrons. The van der Waals surface area contributed by atoms with E-state index in [9.17, 15) is 4.39 Å². The summed E-state index contributed by atoms with van der Waals surface area (Å²) in [6.07, 6.45) is 4.62. The summed E-state index contributed by atoms with van der Waals surface area (Å²) in [5, 5.41) is 6.11. The van der Waals surface area contributed by atoms with Crippen molar-refractivity contribution in [3.05, 3.63) is 46.1 Å². The van der Waals surface area contributed by atoms with Gasteiger partial charge in [-0.05, 0) is 43.0 Å². The third-order valence-electron chi connectivity index (χ3n) is 4.31. The monoisotopic (exact) mass is 387 g/mol. The number of hydrazone groups is 1. The molecule has 3 heterocycles. The van der Waals surface area contributed by atoms with Crippen LogP contribution in [0.4, 0.5) is 10.2 Å². The van der Waals surface area contributed by atoms with Crippen molar-refractivity contribution in [1.29, 1.82) is 0 Å². The molecule has 4 rings (SSSR count). The number of thioether (sulfide) groups is 1. The first-order chi connectivity index (χ1) is 12.6. The first-order valence-corrected chi connectivity index (χ1v) is 10.3. The number of benzene rings is 1. The highest BCUT2D eigenvalue weighted by atomic mass is 32.2. The number of hydrogen-bond acceptors (Lipinski definition) is 7. The molecule has 0 amide bonds. The van der Waals surface area contributed by atoms with Crippen LogP contribution in [0, 0.1) is 5.82 Å². The van der Waals surface area contributed by atoms with E-state index in [0.717, 1.165) is 46.3 Å². The van der Waals surface area contributed by atoms with Crippen LogP contribution < -0.4 is 5.43 Å². The van der Waals surface area contributed by atoms with Gasteiger partial charge in [-0.3, -0.25) is 5.43 Å². The van der Waals surface area contributed by atoms with Crippen LogP contribution in [0.15, 0.2) is 34.5 Å². The molecule has 0 atom stereocenters. The molecule has 0 aliphatic carbocycles.